The second kappa shape index (κ2) is 11.6. The van der Waals surface area contributed by atoms with Crippen molar-refractivity contribution in [3.05, 3.63) is 42.1 Å². The topological polar surface area (TPSA) is 105 Å². The van der Waals surface area contributed by atoms with Crippen molar-refractivity contribution in [2.45, 2.75) is 19.1 Å². The highest BCUT2D eigenvalue weighted by molar-refractivity contribution is 5.91. The van der Waals surface area contributed by atoms with Crippen LogP contribution in [0.5, 0.6) is 23.0 Å². The molecule has 0 spiro atoms. The molecule has 0 saturated carbocycles. The minimum atomic E-state index is -0.797. The number of methoxy groups -OCH3 is 1. The molecule has 3 heterocycles. The van der Waals surface area contributed by atoms with E-state index in [2.05, 4.69) is 29.0 Å². The number of nitrogens with zero attached hydrogens (tertiary/aromatic N) is 2. The van der Waals surface area contributed by atoms with Crippen molar-refractivity contribution in [3.63, 3.8) is 0 Å². The summed E-state index contributed by atoms with van der Waals surface area (Å²) in [6.07, 6.45) is 2.15. The first-order valence-electron chi connectivity index (χ1n) is 11.8. The molecule has 3 aromatic rings. The van der Waals surface area contributed by atoms with Crippen LogP contribution in [0, 0.1) is 0 Å². The molecule has 1 unspecified atom stereocenters. The van der Waals surface area contributed by atoms with Crippen molar-refractivity contribution in [1.29, 1.82) is 0 Å². The number of benzene rings is 2. The van der Waals surface area contributed by atoms with Gasteiger partial charge in [-0.1, -0.05) is 0 Å². The molecular formula is C26H31BrN2O7. The fourth-order valence-electron chi connectivity index (χ4n) is 4.81. The Balaban J connectivity index is 0.00000304. The van der Waals surface area contributed by atoms with Crippen LogP contribution in [0.25, 0.3) is 22.0 Å². The molecule has 9 nitrogen and oxygen atoms in total. The van der Waals surface area contributed by atoms with E-state index >= 15 is 0 Å². The van der Waals surface area contributed by atoms with Gasteiger partial charge in [-0.2, -0.15) is 4.57 Å². The highest BCUT2D eigenvalue weighted by Crippen LogP contribution is 2.41. The zero-order valence-corrected chi connectivity index (χ0v) is 21.7. The molecule has 2 aliphatic rings. The Bertz CT molecular complexity index is 1220. The summed E-state index contributed by atoms with van der Waals surface area (Å²) in [5.41, 5.74) is 3.46. The van der Waals surface area contributed by atoms with Gasteiger partial charge < -0.3 is 51.2 Å². The zero-order valence-electron chi connectivity index (χ0n) is 20.2. The predicted octanol–water partition coefficient (Wildman–Crippen LogP) is -1.88. The third kappa shape index (κ3) is 5.23. The smallest absolute Gasteiger partial charge is 0.231 e. The maximum atomic E-state index is 10.5. The number of aromatic nitrogens is 1. The summed E-state index contributed by atoms with van der Waals surface area (Å²) >= 11 is 0. The van der Waals surface area contributed by atoms with Gasteiger partial charge in [-0.25, -0.2) is 0 Å². The summed E-state index contributed by atoms with van der Waals surface area (Å²) in [6.45, 7) is 2.06. The lowest BCUT2D eigenvalue weighted by atomic mass is 9.95. The van der Waals surface area contributed by atoms with E-state index in [1.54, 1.807) is 12.0 Å². The summed E-state index contributed by atoms with van der Waals surface area (Å²) in [7, 11) is 1.60. The van der Waals surface area contributed by atoms with E-state index in [1.807, 2.05) is 12.1 Å². The molecule has 5 rings (SSSR count). The normalized spacial score (nSPS) is 14.2. The molecule has 0 saturated heterocycles. The van der Waals surface area contributed by atoms with Crippen LogP contribution < -0.4 is 40.5 Å². The zero-order chi connectivity index (χ0) is 24.4. The number of ether oxygens (including phenoxy) is 4. The Labute approximate surface area is 220 Å². The van der Waals surface area contributed by atoms with E-state index in [4.69, 9.17) is 18.9 Å². The van der Waals surface area contributed by atoms with Gasteiger partial charge in [0.15, 0.2) is 35.7 Å². The number of aryl methyl sites for hydroxylation is 2. The Morgan fingerprint density at radius 1 is 1.08 bits per heavy atom. The first-order valence-corrected chi connectivity index (χ1v) is 11.8. The summed E-state index contributed by atoms with van der Waals surface area (Å²) in [5, 5.41) is 30.9. The average molecular weight is 563 g/mol. The van der Waals surface area contributed by atoms with Crippen LogP contribution in [0.1, 0.15) is 5.56 Å². The molecule has 0 bridgehead atoms. The Morgan fingerprint density at radius 2 is 1.83 bits per heavy atom. The molecule has 10 heteroatoms. The van der Waals surface area contributed by atoms with Gasteiger partial charge in [0.1, 0.15) is 12.7 Å². The van der Waals surface area contributed by atoms with Crippen LogP contribution in [0.15, 0.2) is 36.5 Å². The number of halogens is 1. The molecule has 194 valence electrons. The van der Waals surface area contributed by atoms with Gasteiger partial charge in [-0.05, 0) is 35.2 Å². The highest BCUT2D eigenvalue weighted by Gasteiger charge is 2.29. The first-order chi connectivity index (χ1) is 17.1. The van der Waals surface area contributed by atoms with Crippen LogP contribution in [-0.2, 0) is 13.0 Å². The fourth-order valence-corrected chi connectivity index (χ4v) is 4.81. The molecule has 3 N–H and O–H groups in total. The van der Waals surface area contributed by atoms with Crippen molar-refractivity contribution in [2.24, 2.45) is 0 Å². The quantitative estimate of drug-likeness (QED) is 0.247. The molecule has 1 atom stereocenters. The van der Waals surface area contributed by atoms with E-state index in [-0.39, 0.29) is 50.1 Å². The van der Waals surface area contributed by atoms with Gasteiger partial charge >= 0.3 is 0 Å². The summed E-state index contributed by atoms with van der Waals surface area (Å²) in [4.78, 5) is 1.80. The van der Waals surface area contributed by atoms with Gasteiger partial charge in [0.25, 0.3) is 0 Å². The Kier molecular flexibility index (Phi) is 8.53. The van der Waals surface area contributed by atoms with Crippen molar-refractivity contribution in [2.75, 3.05) is 53.4 Å². The number of rotatable bonds is 10. The molecule has 2 aromatic carbocycles. The standard InChI is InChI=1S/C26H31N2O7.BrH/c1-32-23-3-2-17-10-22-20-12-25-24(34-16-35-25)11-18(20)4-5-28(22)14-21(17)26(23)33-15-19(31)13-27(6-8-29)7-9-30;/h2-3,10-12,14,19,29-31H,4-9,13,15-16H2,1H3;1H/q+1;/p-1. The molecule has 0 amide bonds. The van der Waals surface area contributed by atoms with Crippen LogP contribution in [0.3, 0.4) is 0 Å². The number of aliphatic hydroxyl groups excluding tert-OH is 3. The van der Waals surface area contributed by atoms with Crippen LogP contribution in [0.2, 0.25) is 0 Å². The predicted molar refractivity (Wildman–Crippen MR) is 128 cm³/mol. The molecule has 1 aromatic heterocycles. The number of fused-ring (bicyclic) bond motifs is 5. The summed E-state index contributed by atoms with van der Waals surface area (Å²) in [6, 6.07) is 10.1. The highest BCUT2D eigenvalue weighted by atomic mass is 79.9. The fraction of sp³-hybridized carbons (Fsp3) is 0.423. The largest absolute Gasteiger partial charge is 1.00 e. The molecule has 2 aliphatic heterocycles. The number of hydrogen-bond acceptors (Lipinski definition) is 8. The van der Waals surface area contributed by atoms with E-state index in [0.29, 0.717) is 24.6 Å². The van der Waals surface area contributed by atoms with Gasteiger partial charge in [0.2, 0.25) is 12.5 Å². The number of aliphatic hydroxyl groups is 3. The summed E-state index contributed by atoms with van der Waals surface area (Å²) < 4.78 is 25.0. The molecule has 0 aliphatic carbocycles. The SMILES string of the molecule is COc1ccc2cc3[n+](cc2c1OCC(O)CN(CCO)CCO)CCc1cc2c(cc1-3)OCO2.[Br-]. The minimum absolute atomic E-state index is 0. The maximum Gasteiger partial charge on any atom is 0.231 e. The van der Waals surface area contributed by atoms with Crippen LogP contribution >= 0.6 is 0 Å². The van der Waals surface area contributed by atoms with Crippen molar-refractivity contribution >= 4 is 10.8 Å². The van der Waals surface area contributed by atoms with Crippen molar-refractivity contribution < 1.29 is 55.8 Å². The molecule has 0 fully saturated rings. The van der Waals surface area contributed by atoms with Crippen LogP contribution in [0.4, 0.5) is 0 Å². The molecule has 0 radical (unpaired) electrons. The van der Waals surface area contributed by atoms with E-state index in [1.165, 1.54) is 5.56 Å². The third-order valence-electron chi connectivity index (χ3n) is 6.52. The molecular weight excluding hydrogens is 532 g/mol. The monoisotopic (exact) mass is 562 g/mol. The maximum absolute atomic E-state index is 10.5. The Morgan fingerprint density at radius 3 is 2.56 bits per heavy atom. The van der Waals surface area contributed by atoms with E-state index in [0.717, 1.165) is 46.5 Å². The number of hydrogen-bond donors (Lipinski definition) is 3. The van der Waals surface area contributed by atoms with Crippen molar-refractivity contribution in [3.8, 4) is 34.3 Å². The lowest BCUT2D eigenvalue weighted by Gasteiger charge is -2.24. The third-order valence-corrected chi connectivity index (χ3v) is 6.52. The first kappa shape index (κ1) is 26.4. The second-order valence-electron chi connectivity index (χ2n) is 8.78. The van der Waals surface area contributed by atoms with Crippen molar-refractivity contribution in [1.82, 2.24) is 4.90 Å². The Hall–Kier alpha value is -2.63. The van der Waals surface area contributed by atoms with Gasteiger partial charge in [-0.15, -0.1) is 0 Å². The summed E-state index contributed by atoms with van der Waals surface area (Å²) in [5.74, 6) is 2.73. The van der Waals surface area contributed by atoms with E-state index in [9.17, 15) is 15.3 Å². The second-order valence-corrected chi connectivity index (χ2v) is 8.78. The number of pyridine rings is 1. The van der Waals surface area contributed by atoms with E-state index < -0.39 is 6.10 Å². The molecule has 36 heavy (non-hydrogen) atoms. The lowest BCUT2D eigenvalue weighted by Crippen LogP contribution is -3.00. The van der Waals surface area contributed by atoms with Gasteiger partial charge in [-0.3, -0.25) is 4.90 Å². The minimum Gasteiger partial charge on any atom is -1.00 e. The van der Waals surface area contributed by atoms with Gasteiger partial charge in [0, 0.05) is 32.1 Å². The van der Waals surface area contributed by atoms with Crippen LogP contribution in [-0.4, -0.2) is 79.7 Å². The van der Waals surface area contributed by atoms with Gasteiger partial charge in [0.05, 0.1) is 31.3 Å². The average Bonchev–Trinajstić information content (AvgIpc) is 3.32. The lowest BCUT2D eigenvalue weighted by molar-refractivity contribution is -0.686.